The molecule has 2 atom stereocenters. The monoisotopic (exact) mass is 241 g/mol. The standard InChI is InChI=1S/C13H27N3O/c1-6-11-13(17)16(9-8-15(5)7-2)12(14-11)10(3)4/h10-12,14H,6-9H2,1-5H3. The lowest BCUT2D eigenvalue weighted by atomic mass is 10.1. The van der Waals surface area contributed by atoms with Crippen molar-refractivity contribution in [2.24, 2.45) is 5.92 Å². The van der Waals surface area contributed by atoms with Gasteiger partial charge < -0.3 is 9.80 Å². The Morgan fingerprint density at radius 3 is 2.53 bits per heavy atom. The lowest BCUT2D eigenvalue weighted by Gasteiger charge is -2.28. The molecule has 1 rings (SSSR count). The largest absolute Gasteiger partial charge is 0.324 e. The van der Waals surface area contributed by atoms with Crippen molar-refractivity contribution < 1.29 is 4.79 Å². The first-order valence-electron chi connectivity index (χ1n) is 6.76. The number of hydrogen-bond acceptors (Lipinski definition) is 3. The van der Waals surface area contributed by atoms with Crippen molar-refractivity contribution in [3.63, 3.8) is 0 Å². The first-order chi connectivity index (χ1) is 8.01. The third-order valence-electron chi connectivity index (χ3n) is 3.59. The van der Waals surface area contributed by atoms with Gasteiger partial charge in [0, 0.05) is 13.1 Å². The van der Waals surface area contributed by atoms with Crippen LogP contribution in [0.25, 0.3) is 0 Å². The van der Waals surface area contributed by atoms with E-state index in [-0.39, 0.29) is 18.1 Å². The van der Waals surface area contributed by atoms with Gasteiger partial charge in [-0.1, -0.05) is 27.7 Å². The molecule has 0 aromatic carbocycles. The van der Waals surface area contributed by atoms with Crippen LogP contribution in [0, 0.1) is 5.92 Å². The summed E-state index contributed by atoms with van der Waals surface area (Å²) in [6, 6.07) is 0.0225. The number of amides is 1. The molecule has 0 bridgehead atoms. The van der Waals surface area contributed by atoms with Crippen LogP contribution in [0.1, 0.15) is 34.1 Å². The van der Waals surface area contributed by atoms with Crippen LogP contribution in [0.3, 0.4) is 0 Å². The molecule has 0 spiro atoms. The number of rotatable bonds is 6. The fraction of sp³-hybridized carbons (Fsp3) is 0.923. The molecule has 1 aliphatic rings. The predicted octanol–water partition coefficient (Wildman–Crippen LogP) is 1.13. The fourth-order valence-electron chi connectivity index (χ4n) is 2.24. The first kappa shape index (κ1) is 14.5. The van der Waals surface area contributed by atoms with Crippen LogP contribution in [-0.2, 0) is 4.79 Å². The van der Waals surface area contributed by atoms with E-state index in [9.17, 15) is 4.79 Å². The van der Waals surface area contributed by atoms with E-state index in [1.165, 1.54) is 0 Å². The minimum Gasteiger partial charge on any atom is -0.324 e. The van der Waals surface area contributed by atoms with Crippen LogP contribution < -0.4 is 5.32 Å². The molecule has 1 N–H and O–H groups in total. The number of nitrogens with one attached hydrogen (secondary N) is 1. The van der Waals surface area contributed by atoms with Gasteiger partial charge >= 0.3 is 0 Å². The van der Waals surface area contributed by atoms with Gasteiger partial charge in [0.1, 0.15) is 0 Å². The maximum atomic E-state index is 12.2. The van der Waals surface area contributed by atoms with Gasteiger partial charge in [0.25, 0.3) is 0 Å². The molecule has 0 aliphatic carbocycles. The molecule has 1 heterocycles. The summed E-state index contributed by atoms with van der Waals surface area (Å²) in [7, 11) is 2.09. The topological polar surface area (TPSA) is 35.6 Å². The SMILES string of the molecule is CCC1NC(C(C)C)N(CCN(C)CC)C1=O. The lowest BCUT2D eigenvalue weighted by molar-refractivity contribution is -0.130. The number of hydrogen-bond donors (Lipinski definition) is 1. The van der Waals surface area contributed by atoms with E-state index < -0.39 is 0 Å². The lowest BCUT2D eigenvalue weighted by Crippen LogP contribution is -2.44. The highest BCUT2D eigenvalue weighted by Crippen LogP contribution is 2.18. The Bertz CT molecular complexity index is 255. The van der Waals surface area contributed by atoms with E-state index >= 15 is 0 Å². The first-order valence-corrected chi connectivity index (χ1v) is 6.76. The summed E-state index contributed by atoms with van der Waals surface area (Å²) in [5.74, 6) is 0.734. The highest BCUT2D eigenvalue weighted by atomic mass is 16.2. The van der Waals surface area contributed by atoms with Gasteiger partial charge in [0.05, 0.1) is 12.2 Å². The van der Waals surface area contributed by atoms with Gasteiger partial charge in [-0.3, -0.25) is 10.1 Å². The molecular formula is C13H27N3O. The molecule has 4 heteroatoms. The van der Waals surface area contributed by atoms with Crippen LogP contribution in [-0.4, -0.2) is 54.6 Å². The summed E-state index contributed by atoms with van der Waals surface area (Å²) < 4.78 is 0. The zero-order valence-corrected chi connectivity index (χ0v) is 11.9. The predicted molar refractivity (Wildman–Crippen MR) is 70.7 cm³/mol. The second-order valence-corrected chi connectivity index (χ2v) is 5.24. The van der Waals surface area contributed by atoms with Crippen molar-refractivity contribution >= 4 is 5.91 Å². The normalized spacial score (nSPS) is 25.4. The summed E-state index contributed by atoms with van der Waals surface area (Å²) >= 11 is 0. The second-order valence-electron chi connectivity index (χ2n) is 5.24. The van der Waals surface area contributed by atoms with Gasteiger partial charge in [-0.25, -0.2) is 0 Å². The molecule has 1 fully saturated rings. The van der Waals surface area contributed by atoms with E-state index in [0.29, 0.717) is 5.92 Å². The molecule has 4 nitrogen and oxygen atoms in total. The number of likely N-dealkylation sites (N-methyl/N-ethyl adjacent to an activating group) is 1. The highest BCUT2D eigenvalue weighted by Gasteiger charge is 2.38. The Hall–Kier alpha value is -0.610. The molecule has 17 heavy (non-hydrogen) atoms. The molecule has 1 aliphatic heterocycles. The Balaban J connectivity index is 2.62. The Labute approximate surface area is 105 Å². The number of carbonyl (C=O) groups excluding carboxylic acids is 1. The summed E-state index contributed by atoms with van der Waals surface area (Å²) in [4.78, 5) is 16.5. The van der Waals surface area contributed by atoms with Gasteiger partial charge in [-0.2, -0.15) is 0 Å². The second kappa shape index (κ2) is 6.36. The molecule has 1 saturated heterocycles. The highest BCUT2D eigenvalue weighted by molar-refractivity contribution is 5.84. The van der Waals surface area contributed by atoms with Crippen LogP contribution >= 0.6 is 0 Å². The van der Waals surface area contributed by atoms with Crippen molar-refractivity contribution in [3.05, 3.63) is 0 Å². The van der Waals surface area contributed by atoms with Gasteiger partial charge in [-0.05, 0) is 25.9 Å². The van der Waals surface area contributed by atoms with Crippen LogP contribution in [0.5, 0.6) is 0 Å². The zero-order chi connectivity index (χ0) is 13.0. The van der Waals surface area contributed by atoms with Crippen LogP contribution in [0.2, 0.25) is 0 Å². The van der Waals surface area contributed by atoms with Crippen molar-refractivity contribution in [2.45, 2.75) is 46.3 Å². The summed E-state index contributed by atoms with van der Waals surface area (Å²) in [5.41, 5.74) is 0. The molecular weight excluding hydrogens is 214 g/mol. The number of carbonyl (C=O) groups is 1. The quantitative estimate of drug-likeness (QED) is 0.757. The van der Waals surface area contributed by atoms with Crippen molar-refractivity contribution in [1.29, 1.82) is 0 Å². The molecule has 1 amide bonds. The fourth-order valence-corrected chi connectivity index (χ4v) is 2.24. The Morgan fingerprint density at radius 1 is 1.41 bits per heavy atom. The smallest absolute Gasteiger partial charge is 0.241 e. The average molecular weight is 241 g/mol. The summed E-state index contributed by atoms with van der Waals surface area (Å²) in [6.45, 7) is 11.3. The number of nitrogens with zero attached hydrogens (tertiary/aromatic N) is 2. The van der Waals surface area contributed by atoms with E-state index in [4.69, 9.17) is 0 Å². The Kier molecular flexibility index (Phi) is 5.40. The van der Waals surface area contributed by atoms with E-state index in [1.54, 1.807) is 0 Å². The van der Waals surface area contributed by atoms with E-state index in [2.05, 4.69) is 45.0 Å². The minimum atomic E-state index is 0.0225. The zero-order valence-electron chi connectivity index (χ0n) is 11.9. The van der Waals surface area contributed by atoms with E-state index in [0.717, 1.165) is 26.1 Å². The van der Waals surface area contributed by atoms with Gasteiger partial charge in [-0.15, -0.1) is 0 Å². The molecule has 100 valence electrons. The third kappa shape index (κ3) is 3.42. The van der Waals surface area contributed by atoms with Crippen LogP contribution in [0.15, 0.2) is 0 Å². The van der Waals surface area contributed by atoms with Crippen molar-refractivity contribution in [1.82, 2.24) is 15.1 Å². The van der Waals surface area contributed by atoms with Crippen molar-refractivity contribution in [2.75, 3.05) is 26.7 Å². The molecule has 0 radical (unpaired) electrons. The maximum absolute atomic E-state index is 12.2. The van der Waals surface area contributed by atoms with Crippen molar-refractivity contribution in [3.8, 4) is 0 Å². The summed E-state index contributed by atoms with van der Waals surface area (Å²) in [6.07, 6.45) is 1.08. The third-order valence-corrected chi connectivity index (χ3v) is 3.59. The van der Waals surface area contributed by atoms with Crippen LogP contribution in [0.4, 0.5) is 0 Å². The van der Waals surface area contributed by atoms with Gasteiger partial charge in [0.15, 0.2) is 0 Å². The average Bonchev–Trinajstić information content (AvgIpc) is 2.63. The van der Waals surface area contributed by atoms with Gasteiger partial charge in [0.2, 0.25) is 5.91 Å². The van der Waals surface area contributed by atoms with E-state index in [1.807, 2.05) is 4.90 Å². The molecule has 2 unspecified atom stereocenters. The molecule has 0 saturated carbocycles. The Morgan fingerprint density at radius 2 is 2.06 bits per heavy atom. The molecule has 0 aromatic heterocycles. The minimum absolute atomic E-state index is 0.0225. The summed E-state index contributed by atoms with van der Waals surface area (Å²) in [5, 5.41) is 3.44. The molecule has 0 aromatic rings. The maximum Gasteiger partial charge on any atom is 0.241 e.